The zero-order valence-corrected chi connectivity index (χ0v) is 23.7. The molecule has 5 aromatic rings. The summed E-state index contributed by atoms with van der Waals surface area (Å²) in [5.41, 5.74) is 10.6. The lowest BCUT2D eigenvalue weighted by molar-refractivity contribution is -0.481. The molecule has 0 aliphatic carbocycles. The molecular weight excluding hydrogens is 504 g/mol. The lowest BCUT2D eigenvalue weighted by Gasteiger charge is -2.20. The molecule has 0 aromatic heterocycles. The molecule has 4 heteroatoms. The minimum Gasteiger partial charge on any atom is -0.435 e. The number of nitrogens with zero attached hydrogens (tertiary/aromatic N) is 2. The Morgan fingerprint density at radius 3 is 1.51 bits per heavy atom. The minimum atomic E-state index is 0.520. The Balaban J connectivity index is 0.000000152. The first-order valence-corrected chi connectivity index (χ1v) is 14.0. The highest BCUT2D eigenvalue weighted by molar-refractivity contribution is 6.12. The van der Waals surface area contributed by atoms with Gasteiger partial charge in [-0.1, -0.05) is 78.9 Å². The first kappa shape index (κ1) is 26.3. The number of para-hydroxylation sites is 4. The molecule has 0 saturated carbocycles. The van der Waals surface area contributed by atoms with Crippen LogP contribution in [0.2, 0.25) is 0 Å². The largest absolute Gasteiger partial charge is 0.435 e. The summed E-state index contributed by atoms with van der Waals surface area (Å²) in [6.45, 7) is 7.43. The van der Waals surface area contributed by atoms with Crippen LogP contribution in [0.25, 0.3) is 0 Å². The van der Waals surface area contributed by atoms with Gasteiger partial charge >= 0.3 is 0 Å². The fraction of sp³-hybridized carbons (Fsp3) is 0.135. The van der Waals surface area contributed by atoms with Gasteiger partial charge in [-0.25, -0.2) is 0 Å². The van der Waals surface area contributed by atoms with Crippen LogP contribution in [0, 0.1) is 13.8 Å². The standard InChI is InChI=1S/C21H18NO.C16H16NO/c1-16-9-8-14-19-20(17-10-4-2-5-11-17)22(15-23-21(16)19)18-12-6-3-7-13-18;1-12-7-6-10-15-13(2)17(11-18-16(12)15)14-8-4-3-5-9-14/h2-14H,15H2,1H3;3-10H,11H2,1-2H3/q2*+1. The summed E-state index contributed by atoms with van der Waals surface area (Å²) in [5, 5.41) is 0. The highest BCUT2D eigenvalue weighted by atomic mass is 16.5. The van der Waals surface area contributed by atoms with Crippen LogP contribution in [0.15, 0.2) is 127 Å². The summed E-state index contributed by atoms with van der Waals surface area (Å²) in [5.74, 6) is 2.00. The molecule has 0 spiro atoms. The van der Waals surface area contributed by atoms with Crippen molar-refractivity contribution in [1.82, 2.24) is 0 Å². The summed E-state index contributed by atoms with van der Waals surface area (Å²) in [6, 6.07) is 43.9. The second-order valence-corrected chi connectivity index (χ2v) is 10.3. The van der Waals surface area contributed by atoms with Crippen molar-refractivity contribution in [3.8, 4) is 11.5 Å². The molecule has 5 aromatic carbocycles. The van der Waals surface area contributed by atoms with Crippen LogP contribution < -0.4 is 9.47 Å². The van der Waals surface area contributed by atoms with Gasteiger partial charge in [-0.2, -0.15) is 9.15 Å². The molecule has 0 atom stereocenters. The number of rotatable bonds is 3. The Hall–Kier alpha value is -4.96. The van der Waals surface area contributed by atoms with Gasteiger partial charge in [-0.15, -0.1) is 0 Å². The van der Waals surface area contributed by atoms with E-state index in [1.165, 1.54) is 39.4 Å². The van der Waals surface area contributed by atoms with Crippen LogP contribution >= 0.6 is 0 Å². The van der Waals surface area contributed by atoms with E-state index in [2.05, 4.69) is 127 Å². The molecule has 202 valence electrons. The van der Waals surface area contributed by atoms with Crippen LogP contribution in [-0.4, -0.2) is 34.0 Å². The van der Waals surface area contributed by atoms with E-state index in [1.54, 1.807) is 0 Å². The van der Waals surface area contributed by atoms with Crippen molar-refractivity contribution in [1.29, 1.82) is 0 Å². The van der Waals surface area contributed by atoms with Crippen molar-refractivity contribution in [2.24, 2.45) is 0 Å². The van der Waals surface area contributed by atoms with Crippen LogP contribution in [0.4, 0.5) is 11.4 Å². The molecule has 0 unspecified atom stereocenters. The van der Waals surface area contributed by atoms with Crippen LogP contribution in [0.3, 0.4) is 0 Å². The zero-order chi connectivity index (χ0) is 28.2. The number of hydrogen-bond acceptors (Lipinski definition) is 2. The smallest absolute Gasteiger partial charge is 0.293 e. The second-order valence-electron chi connectivity index (χ2n) is 10.3. The van der Waals surface area contributed by atoms with Crippen LogP contribution in [-0.2, 0) is 0 Å². The molecule has 0 fully saturated rings. The number of hydrogen-bond donors (Lipinski definition) is 0. The molecule has 7 rings (SSSR count). The maximum absolute atomic E-state index is 6.08. The van der Waals surface area contributed by atoms with Gasteiger partial charge in [0.05, 0.1) is 11.1 Å². The lowest BCUT2D eigenvalue weighted by Crippen LogP contribution is -2.29. The van der Waals surface area contributed by atoms with Gasteiger partial charge in [0.2, 0.25) is 17.1 Å². The summed E-state index contributed by atoms with van der Waals surface area (Å²) in [7, 11) is 0. The van der Waals surface area contributed by atoms with E-state index in [4.69, 9.17) is 9.47 Å². The minimum absolute atomic E-state index is 0.520. The highest BCUT2D eigenvalue weighted by Crippen LogP contribution is 2.32. The van der Waals surface area contributed by atoms with Crippen LogP contribution in [0.1, 0.15) is 34.7 Å². The van der Waals surface area contributed by atoms with Gasteiger partial charge in [-0.3, -0.25) is 0 Å². The third-order valence-corrected chi connectivity index (χ3v) is 7.60. The van der Waals surface area contributed by atoms with Crippen molar-refractivity contribution in [2.75, 3.05) is 13.5 Å². The molecule has 0 radical (unpaired) electrons. The van der Waals surface area contributed by atoms with Gasteiger partial charge in [0.25, 0.3) is 13.5 Å². The quantitative estimate of drug-likeness (QED) is 0.217. The fourth-order valence-electron chi connectivity index (χ4n) is 5.46. The average molecular weight is 539 g/mol. The maximum atomic E-state index is 6.08. The normalized spacial score (nSPS) is 13.7. The molecule has 2 aliphatic heterocycles. The van der Waals surface area contributed by atoms with Crippen molar-refractivity contribution >= 4 is 22.8 Å². The Bertz CT molecular complexity index is 1740. The van der Waals surface area contributed by atoms with E-state index in [9.17, 15) is 0 Å². The maximum Gasteiger partial charge on any atom is 0.293 e. The predicted octanol–water partition coefficient (Wildman–Crippen LogP) is 8.02. The first-order chi connectivity index (χ1) is 20.1. The Labute approximate surface area is 242 Å². The monoisotopic (exact) mass is 538 g/mol. The second kappa shape index (κ2) is 11.6. The van der Waals surface area contributed by atoms with E-state index in [1.807, 2.05) is 30.3 Å². The lowest BCUT2D eigenvalue weighted by atomic mass is 9.97. The molecule has 2 aliphatic rings. The molecule has 4 nitrogen and oxygen atoms in total. The molecule has 0 saturated heterocycles. The third-order valence-electron chi connectivity index (χ3n) is 7.60. The molecule has 0 bridgehead atoms. The molecule has 0 N–H and O–H groups in total. The van der Waals surface area contributed by atoms with E-state index in [0.29, 0.717) is 13.5 Å². The number of benzene rings is 5. The topological polar surface area (TPSA) is 24.5 Å². The molecule has 41 heavy (non-hydrogen) atoms. The number of aryl methyl sites for hydroxylation is 2. The highest BCUT2D eigenvalue weighted by Gasteiger charge is 2.30. The zero-order valence-electron chi connectivity index (χ0n) is 23.7. The fourth-order valence-corrected chi connectivity index (χ4v) is 5.46. The first-order valence-electron chi connectivity index (χ1n) is 14.0. The Morgan fingerprint density at radius 1 is 0.463 bits per heavy atom. The number of ether oxygens (including phenoxy) is 2. The summed E-state index contributed by atoms with van der Waals surface area (Å²) in [4.78, 5) is 0. The molecule has 0 amide bonds. The van der Waals surface area contributed by atoms with Gasteiger partial charge in [0.1, 0.15) is 11.5 Å². The van der Waals surface area contributed by atoms with E-state index in [-0.39, 0.29) is 0 Å². The average Bonchev–Trinajstić information content (AvgIpc) is 3.03. The summed E-state index contributed by atoms with van der Waals surface area (Å²) >= 11 is 0. The van der Waals surface area contributed by atoms with Crippen molar-refractivity contribution in [3.63, 3.8) is 0 Å². The van der Waals surface area contributed by atoms with Crippen molar-refractivity contribution in [3.05, 3.63) is 155 Å². The SMILES string of the molecule is CC1=[N+](c2ccccc2)COc2c(C)cccc21.Cc1cccc2c1OC[N+](c1ccccc1)=C2c1ccccc1. The summed E-state index contributed by atoms with van der Waals surface area (Å²) < 4.78 is 16.4. The van der Waals surface area contributed by atoms with E-state index in [0.717, 1.165) is 22.7 Å². The van der Waals surface area contributed by atoms with E-state index < -0.39 is 0 Å². The Morgan fingerprint density at radius 2 is 0.927 bits per heavy atom. The molecule has 2 heterocycles. The predicted molar refractivity (Wildman–Crippen MR) is 166 cm³/mol. The van der Waals surface area contributed by atoms with Gasteiger partial charge in [0.15, 0.2) is 5.71 Å². The van der Waals surface area contributed by atoms with Crippen LogP contribution in [0.5, 0.6) is 11.5 Å². The number of fused-ring (bicyclic) bond motifs is 2. The van der Waals surface area contributed by atoms with Crippen molar-refractivity contribution < 1.29 is 18.6 Å². The van der Waals surface area contributed by atoms with E-state index >= 15 is 0 Å². The van der Waals surface area contributed by atoms with Gasteiger partial charge in [-0.05, 0) is 49.2 Å². The summed E-state index contributed by atoms with van der Waals surface area (Å²) in [6.07, 6.45) is 0. The third kappa shape index (κ3) is 5.29. The Kier molecular flexibility index (Phi) is 7.46. The molecular formula is C37H34N2O2+2. The van der Waals surface area contributed by atoms with Gasteiger partial charge in [0, 0.05) is 36.8 Å². The van der Waals surface area contributed by atoms with Crippen molar-refractivity contribution in [2.45, 2.75) is 20.8 Å². The van der Waals surface area contributed by atoms with Gasteiger partial charge < -0.3 is 9.47 Å².